The second-order valence-corrected chi connectivity index (χ2v) is 7.79. The van der Waals surface area contributed by atoms with Gasteiger partial charge in [0.1, 0.15) is 5.82 Å². The maximum atomic E-state index is 13.1. The molecule has 0 radical (unpaired) electrons. The quantitative estimate of drug-likeness (QED) is 0.917. The van der Waals surface area contributed by atoms with Crippen LogP contribution in [0.15, 0.2) is 24.3 Å². The summed E-state index contributed by atoms with van der Waals surface area (Å²) in [5.41, 5.74) is 1.46. The monoisotopic (exact) mass is 290 g/mol. The van der Waals surface area contributed by atoms with Gasteiger partial charge in [0.15, 0.2) is 0 Å². The van der Waals surface area contributed by atoms with Gasteiger partial charge in [-0.15, -0.1) is 0 Å². The highest BCUT2D eigenvalue weighted by Gasteiger charge is 2.40. The summed E-state index contributed by atoms with van der Waals surface area (Å²) in [6.45, 7) is 10.0. The molecule has 0 spiro atoms. The van der Waals surface area contributed by atoms with Crippen molar-refractivity contribution in [2.24, 2.45) is 11.3 Å². The van der Waals surface area contributed by atoms with Gasteiger partial charge in [-0.3, -0.25) is 4.90 Å². The van der Waals surface area contributed by atoms with E-state index in [0.29, 0.717) is 12.1 Å². The fourth-order valence-corrected chi connectivity index (χ4v) is 3.50. The van der Waals surface area contributed by atoms with Crippen molar-refractivity contribution in [3.05, 3.63) is 35.6 Å². The molecule has 1 saturated carbocycles. The number of nitrogens with zero attached hydrogens (tertiary/aromatic N) is 1. The molecular formula is C18H27FN2. The van der Waals surface area contributed by atoms with Crippen LogP contribution in [0, 0.1) is 17.2 Å². The van der Waals surface area contributed by atoms with Gasteiger partial charge in [0, 0.05) is 31.7 Å². The van der Waals surface area contributed by atoms with Crippen molar-refractivity contribution in [3.63, 3.8) is 0 Å². The summed E-state index contributed by atoms with van der Waals surface area (Å²) < 4.78 is 13.1. The molecule has 1 aliphatic carbocycles. The molecule has 2 atom stereocenters. The van der Waals surface area contributed by atoms with E-state index < -0.39 is 0 Å². The molecule has 0 bridgehead atoms. The number of hydrogen-bond donors (Lipinski definition) is 1. The zero-order valence-electron chi connectivity index (χ0n) is 13.4. The lowest BCUT2D eigenvalue weighted by molar-refractivity contribution is 0.0449. The Labute approximate surface area is 127 Å². The first-order chi connectivity index (χ1) is 9.93. The largest absolute Gasteiger partial charge is 0.311 e. The minimum absolute atomic E-state index is 0.151. The lowest BCUT2D eigenvalue weighted by Gasteiger charge is -2.46. The van der Waals surface area contributed by atoms with Crippen LogP contribution in [0.1, 0.15) is 39.2 Å². The number of piperazine rings is 1. The molecule has 1 heterocycles. The van der Waals surface area contributed by atoms with E-state index >= 15 is 0 Å². The van der Waals surface area contributed by atoms with Crippen LogP contribution in [-0.4, -0.2) is 30.1 Å². The van der Waals surface area contributed by atoms with Gasteiger partial charge in [0.2, 0.25) is 0 Å². The van der Waals surface area contributed by atoms with E-state index in [1.165, 1.54) is 18.4 Å². The normalized spacial score (nSPS) is 27.8. The summed E-state index contributed by atoms with van der Waals surface area (Å²) in [5, 5.41) is 3.76. The third-order valence-electron chi connectivity index (χ3n) is 4.94. The summed E-state index contributed by atoms with van der Waals surface area (Å²) in [6.07, 6.45) is 2.75. The molecule has 1 aromatic rings. The van der Waals surface area contributed by atoms with Crippen LogP contribution in [-0.2, 0) is 6.54 Å². The molecular weight excluding hydrogens is 263 g/mol. The van der Waals surface area contributed by atoms with Gasteiger partial charge in [-0.1, -0.05) is 32.9 Å². The van der Waals surface area contributed by atoms with Crippen LogP contribution in [0.5, 0.6) is 0 Å². The first-order valence-electron chi connectivity index (χ1n) is 8.15. The van der Waals surface area contributed by atoms with E-state index in [2.05, 4.69) is 31.0 Å². The van der Waals surface area contributed by atoms with E-state index in [-0.39, 0.29) is 11.2 Å². The highest BCUT2D eigenvalue weighted by atomic mass is 19.1. The van der Waals surface area contributed by atoms with Crippen LogP contribution in [0.25, 0.3) is 0 Å². The van der Waals surface area contributed by atoms with Crippen LogP contribution < -0.4 is 5.32 Å². The minimum atomic E-state index is -0.151. The molecule has 2 aliphatic rings. The van der Waals surface area contributed by atoms with Crippen LogP contribution in [0.3, 0.4) is 0 Å². The number of benzene rings is 1. The van der Waals surface area contributed by atoms with Crippen LogP contribution in [0.4, 0.5) is 4.39 Å². The summed E-state index contributed by atoms with van der Waals surface area (Å²) >= 11 is 0. The smallest absolute Gasteiger partial charge is 0.123 e. The van der Waals surface area contributed by atoms with Crippen molar-refractivity contribution < 1.29 is 4.39 Å². The third kappa shape index (κ3) is 3.64. The lowest BCUT2D eigenvalue weighted by Crippen LogP contribution is -2.60. The van der Waals surface area contributed by atoms with E-state index in [9.17, 15) is 4.39 Å². The van der Waals surface area contributed by atoms with Gasteiger partial charge < -0.3 is 5.32 Å². The fourth-order valence-electron chi connectivity index (χ4n) is 3.50. The van der Waals surface area contributed by atoms with Crippen molar-refractivity contribution in [3.8, 4) is 0 Å². The Morgan fingerprint density at radius 3 is 2.43 bits per heavy atom. The van der Waals surface area contributed by atoms with E-state index in [0.717, 1.165) is 25.6 Å². The first-order valence-corrected chi connectivity index (χ1v) is 8.15. The summed E-state index contributed by atoms with van der Waals surface area (Å²) in [5.74, 6) is 0.726. The van der Waals surface area contributed by atoms with Gasteiger partial charge in [-0.25, -0.2) is 4.39 Å². The third-order valence-corrected chi connectivity index (χ3v) is 4.94. The van der Waals surface area contributed by atoms with Gasteiger partial charge >= 0.3 is 0 Å². The molecule has 0 aromatic heterocycles. The second kappa shape index (κ2) is 5.69. The molecule has 21 heavy (non-hydrogen) atoms. The minimum Gasteiger partial charge on any atom is -0.311 e. The molecule has 0 amide bonds. The van der Waals surface area contributed by atoms with E-state index in [4.69, 9.17) is 0 Å². The predicted octanol–water partition coefficient (Wildman–Crippen LogP) is 3.42. The molecule has 2 unspecified atom stereocenters. The molecule has 3 rings (SSSR count). The molecule has 2 nitrogen and oxygen atoms in total. The average Bonchev–Trinajstić information content (AvgIpc) is 3.24. The topological polar surface area (TPSA) is 15.3 Å². The molecule has 1 aromatic carbocycles. The van der Waals surface area contributed by atoms with Gasteiger partial charge in [-0.2, -0.15) is 0 Å². The second-order valence-electron chi connectivity index (χ2n) is 7.79. The molecule has 116 valence electrons. The number of hydrogen-bond acceptors (Lipinski definition) is 2. The van der Waals surface area contributed by atoms with Crippen molar-refractivity contribution >= 4 is 0 Å². The SMILES string of the molecule is CC(C)(C)C1CNC(C2CC2)CN1Cc1ccc(F)cc1. The summed E-state index contributed by atoms with van der Waals surface area (Å²) in [6, 6.07) is 8.15. The maximum absolute atomic E-state index is 13.1. The highest BCUT2D eigenvalue weighted by Crippen LogP contribution is 2.36. The Morgan fingerprint density at radius 1 is 1.19 bits per heavy atom. The maximum Gasteiger partial charge on any atom is 0.123 e. The number of rotatable bonds is 3. The van der Waals surface area contributed by atoms with Gasteiger partial charge in [0.05, 0.1) is 0 Å². The zero-order valence-corrected chi connectivity index (χ0v) is 13.4. The van der Waals surface area contributed by atoms with Gasteiger partial charge in [0.25, 0.3) is 0 Å². The van der Waals surface area contributed by atoms with Crippen LogP contribution in [0.2, 0.25) is 0 Å². The zero-order chi connectivity index (χ0) is 15.0. The molecule has 3 heteroatoms. The summed E-state index contributed by atoms with van der Waals surface area (Å²) in [7, 11) is 0. The lowest BCUT2D eigenvalue weighted by atomic mass is 9.83. The standard InChI is InChI=1S/C18H27FN2/c1-18(2,3)17-10-20-16(14-6-7-14)12-21(17)11-13-4-8-15(19)9-5-13/h4-5,8-9,14,16-17,20H,6-7,10-12H2,1-3H3. The van der Waals surface area contributed by atoms with Gasteiger partial charge in [-0.05, 0) is 41.9 Å². The van der Waals surface area contributed by atoms with Crippen molar-refractivity contribution in [2.75, 3.05) is 13.1 Å². The van der Waals surface area contributed by atoms with Crippen molar-refractivity contribution in [1.29, 1.82) is 0 Å². The molecule has 1 N–H and O–H groups in total. The van der Waals surface area contributed by atoms with Crippen molar-refractivity contribution in [2.45, 2.75) is 52.2 Å². The predicted molar refractivity (Wildman–Crippen MR) is 84.6 cm³/mol. The fraction of sp³-hybridized carbons (Fsp3) is 0.667. The van der Waals surface area contributed by atoms with Crippen LogP contribution >= 0.6 is 0 Å². The Kier molecular flexibility index (Phi) is 4.06. The van der Waals surface area contributed by atoms with E-state index in [1.54, 1.807) is 12.1 Å². The van der Waals surface area contributed by atoms with Crippen molar-refractivity contribution in [1.82, 2.24) is 10.2 Å². The Morgan fingerprint density at radius 2 is 1.86 bits per heavy atom. The average molecular weight is 290 g/mol. The molecule has 1 aliphatic heterocycles. The number of nitrogens with one attached hydrogen (secondary N) is 1. The first kappa shape index (κ1) is 15.0. The highest BCUT2D eigenvalue weighted by molar-refractivity contribution is 5.16. The Bertz CT molecular complexity index is 473. The Balaban J connectivity index is 1.73. The molecule has 2 fully saturated rings. The molecule has 1 saturated heterocycles. The number of halogens is 1. The summed E-state index contributed by atoms with van der Waals surface area (Å²) in [4.78, 5) is 2.60. The van der Waals surface area contributed by atoms with E-state index in [1.807, 2.05) is 12.1 Å². The Hall–Kier alpha value is -0.930.